The minimum Gasteiger partial charge on any atom is -0.322 e. The average molecular weight is 192 g/mol. The van der Waals surface area contributed by atoms with Crippen LogP contribution in [0.15, 0.2) is 4.99 Å². The molecule has 1 aliphatic rings. The molecular formula is C6H14ClN5. The van der Waals surface area contributed by atoms with E-state index in [1.54, 1.807) is 0 Å². The fourth-order valence-corrected chi connectivity index (χ4v) is 0.839. The molecule has 0 aromatic rings. The van der Waals surface area contributed by atoms with Crippen LogP contribution in [0.1, 0.15) is 6.92 Å². The van der Waals surface area contributed by atoms with E-state index in [-0.39, 0.29) is 18.7 Å². The van der Waals surface area contributed by atoms with Gasteiger partial charge in [-0.3, -0.25) is 10.3 Å². The van der Waals surface area contributed by atoms with Crippen LogP contribution in [0.4, 0.5) is 0 Å². The van der Waals surface area contributed by atoms with Gasteiger partial charge in [-0.25, -0.2) is 4.99 Å². The molecule has 0 fully saturated rings. The van der Waals surface area contributed by atoms with Gasteiger partial charge in [-0.15, -0.1) is 12.4 Å². The molecule has 5 nitrogen and oxygen atoms in total. The summed E-state index contributed by atoms with van der Waals surface area (Å²) in [6, 6.07) is 0. The lowest BCUT2D eigenvalue weighted by Gasteiger charge is -2.27. The maximum atomic E-state index is 7.31. The Hall–Kier alpha value is -0.810. The Morgan fingerprint density at radius 2 is 2.08 bits per heavy atom. The number of hydrogen-bond donors (Lipinski definition) is 3. The summed E-state index contributed by atoms with van der Waals surface area (Å²) < 4.78 is 0. The third kappa shape index (κ3) is 2.67. The van der Waals surface area contributed by atoms with Gasteiger partial charge < -0.3 is 10.6 Å². The van der Waals surface area contributed by atoms with E-state index in [0.717, 1.165) is 5.84 Å². The van der Waals surface area contributed by atoms with E-state index >= 15 is 0 Å². The molecular weight excluding hydrogens is 178 g/mol. The van der Waals surface area contributed by atoms with E-state index in [1.807, 2.05) is 25.9 Å². The fourth-order valence-electron chi connectivity index (χ4n) is 0.839. The molecule has 0 radical (unpaired) electrons. The normalized spacial score (nSPS) is 22.2. The Bertz CT molecular complexity index is 200. The van der Waals surface area contributed by atoms with Gasteiger partial charge in [-0.05, 0) is 21.0 Å². The minimum atomic E-state index is -0.108. The summed E-state index contributed by atoms with van der Waals surface area (Å²) >= 11 is 0. The van der Waals surface area contributed by atoms with Crippen molar-refractivity contribution in [2.24, 2.45) is 4.99 Å². The summed E-state index contributed by atoms with van der Waals surface area (Å²) in [6.07, 6.45) is -0.108. The van der Waals surface area contributed by atoms with Crippen molar-refractivity contribution in [2.45, 2.75) is 13.2 Å². The van der Waals surface area contributed by atoms with Crippen molar-refractivity contribution in [1.82, 2.24) is 15.5 Å². The molecule has 0 spiro atoms. The summed E-state index contributed by atoms with van der Waals surface area (Å²) in [6.45, 7) is 1.84. The molecule has 1 rings (SSSR count). The van der Waals surface area contributed by atoms with Crippen LogP contribution < -0.4 is 10.6 Å². The van der Waals surface area contributed by atoms with Gasteiger partial charge in [-0.1, -0.05) is 0 Å². The van der Waals surface area contributed by atoms with E-state index in [4.69, 9.17) is 5.41 Å². The highest BCUT2D eigenvalue weighted by atomic mass is 35.5. The maximum Gasteiger partial charge on any atom is 0.196 e. The van der Waals surface area contributed by atoms with Gasteiger partial charge >= 0.3 is 0 Å². The van der Waals surface area contributed by atoms with Crippen LogP contribution in [0.3, 0.4) is 0 Å². The van der Waals surface area contributed by atoms with Crippen molar-refractivity contribution in [1.29, 1.82) is 5.41 Å². The van der Waals surface area contributed by atoms with Crippen LogP contribution in [0.5, 0.6) is 0 Å². The standard InChI is InChI=1S/C6H13N5.ClH/c1-4-8-5(7)10-6(9-4)11(2)3;/h6H,1-3H3,(H3,7,8,9,10);1H. The molecule has 0 aromatic heterocycles. The Balaban J connectivity index is 0.00000121. The second-order valence-corrected chi connectivity index (χ2v) is 2.70. The molecule has 70 valence electrons. The summed E-state index contributed by atoms with van der Waals surface area (Å²) in [4.78, 5) is 6.11. The number of nitrogens with one attached hydrogen (secondary N) is 3. The molecule has 0 amide bonds. The van der Waals surface area contributed by atoms with Crippen molar-refractivity contribution in [2.75, 3.05) is 14.1 Å². The molecule has 6 heteroatoms. The van der Waals surface area contributed by atoms with Crippen LogP contribution in [0, 0.1) is 5.41 Å². The van der Waals surface area contributed by atoms with Crippen LogP contribution in [0.2, 0.25) is 0 Å². The second-order valence-electron chi connectivity index (χ2n) is 2.70. The predicted octanol–water partition coefficient (Wildman–Crippen LogP) is -0.201. The quantitative estimate of drug-likeness (QED) is 0.538. The van der Waals surface area contributed by atoms with Gasteiger partial charge in [0.05, 0.1) is 0 Å². The number of halogens is 1. The van der Waals surface area contributed by atoms with Crippen molar-refractivity contribution in [3.63, 3.8) is 0 Å². The summed E-state index contributed by atoms with van der Waals surface area (Å²) in [7, 11) is 3.82. The smallest absolute Gasteiger partial charge is 0.196 e. The Morgan fingerprint density at radius 3 is 2.50 bits per heavy atom. The first-order valence-electron chi connectivity index (χ1n) is 3.42. The first kappa shape index (κ1) is 11.2. The molecule has 0 saturated carbocycles. The number of hydrogen-bond acceptors (Lipinski definition) is 3. The van der Waals surface area contributed by atoms with Crippen molar-refractivity contribution < 1.29 is 0 Å². The third-order valence-corrected chi connectivity index (χ3v) is 1.38. The molecule has 1 aliphatic heterocycles. The summed E-state index contributed by atoms with van der Waals surface area (Å²) in [5.41, 5.74) is 0. The first-order chi connectivity index (χ1) is 5.09. The molecule has 0 aliphatic carbocycles. The van der Waals surface area contributed by atoms with E-state index in [9.17, 15) is 0 Å². The van der Waals surface area contributed by atoms with Crippen molar-refractivity contribution >= 4 is 24.2 Å². The number of guanidine groups is 1. The second kappa shape index (κ2) is 4.27. The highest BCUT2D eigenvalue weighted by molar-refractivity contribution is 5.98. The van der Waals surface area contributed by atoms with Crippen LogP contribution in [-0.4, -0.2) is 37.1 Å². The predicted molar refractivity (Wildman–Crippen MR) is 51.8 cm³/mol. The zero-order chi connectivity index (χ0) is 8.43. The topological polar surface area (TPSA) is 63.5 Å². The van der Waals surface area contributed by atoms with E-state index in [0.29, 0.717) is 5.96 Å². The molecule has 3 N–H and O–H groups in total. The SMILES string of the molecule is CC1=NC(N(C)C)NC(=N)N1.Cl. The number of aliphatic imine (C=N–C) groups is 1. The van der Waals surface area contributed by atoms with E-state index in [2.05, 4.69) is 15.6 Å². The Morgan fingerprint density at radius 1 is 1.50 bits per heavy atom. The number of nitrogens with zero attached hydrogens (tertiary/aromatic N) is 2. The van der Waals surface area contributed by atoms with Crippen LogP contribution in [-0.2, 0) is 0 Å². The molecule has 0 saturated heterocycles. The molecule has 1 heterocycles. The van der Waals surface area contributed by atoms with Gasteiger partial charge in [-0.2, -0.15) is 0 Å². The minimum absolute atomic E-state index is 0. The van der Waals surface area contributed by atoms with Crippen LogP contribution >= 0.6 is 12.4 Å². The summed E-state index contributed by atoms with van der Waals surface area (Å²) in [5, 5.41) is 12.9. The van der Waals surface area contributed by atoms with Gasteiger partial charge in [0, 0.05) is 0 Å². The Kier molecular flexibility index (Phi) is 3.99. The lowest BCUT2D eigenvalue weighted by atomic mass is 10.5. The molecule has 1 unspecified atom stereocenters. The van der Waals surface area contributed by atoms with Crippen LogP contribution in [0.25, 0.3) is 0 Å². The molecule has 0 bridgehead atoms. The highest BCUT2D eigenvalue weighted by Crippen LogP contribution is 1.94. The van der Waals surface area contributed by atoms with Crippen molar-refractivity contribution in [3.8, 4) is 0 Å². The largest absolute Gasteiger partial charge is 0.322 e. The zero-order valence-electron chi connectivity index (χ0n) is 7.38. The molecule has 12 heavy (non-hydrogen) atoms. The lowest BCUT2D eigenvalue weighted by Crippen LogP contribution is -2.54. The highest BCUT2D eigenvalue weighted by Gasteiger charge is 2.15. The maximum absolute atomic E-state index is 7.31. The van der Waals surface area contributed by atoms with E-state index < -0.39 is 0 Å². The monoisotopic (exact) mass is 191 g/mol. The van der Waals surface area contributed by atoms with Gasteiger partial charge in [0.2, 0.25) is 0 Å². The van der Waals surface area contributed by atoms with Gasteiger partial charge in [0.25, 0.3) is 0 Å². The zero-order valence-corrected chi connectivity index (χ0v) is 8.20. The molecule has 0 aromatic carbocycles. The third-order valence-electron chi connectivity index (χ3n) is 1.38. The van der Waals surface area contributed by atoms with Gasteiger partial charge in [0.15, 0.2) is 12.2 Å². The van der Waals surface area contributed by atoms with Crippen molar-refractivity contribution in [3.05, 3.63) is 0 Å². The first-order valence-corrected chi connectivity index (χ1v) is 3.42. The Labute approximate surface area is 78.2 Å². The summed E-state index contributed by atoms with van der Waals surface area (Å²) in [5.74, 6) is 1.07. The van der Waals surface area contributed by atoms with Gasteiger partial charge in [0.1, 0.15) is 5.84 Å². The van der Waals surface area contributed by atoms with E-state index in [1.165, 1.54) is 0 Å². The average Bonchev–Trinajstić information content (AvgIpc) is 1.85. The molecule has 1 atom stereocenters. The lowest BCUT2D eigenvalue weighted by molar-refractivity contribution is 0.279. The fraction of sp³-hybridized carbons (Fsp3) is 0.667. The number of rotatable bonds is 1. The number of amidine groups is 1.